The quantitative estimate of drug-likeness (QED) is 0.489. The van der Waals surface area contributed by atoms with Crippen molar-refractivity contribution in [3.63, 3.8) is 0 Å². The van der Waals surface area contributed by atoms with Crippen molar-refractivity contribution < 1.29 is 41.8 Å². The smallest absolute Gasteiger partial charge is 0.416 e. The Balaban J connectivity index is 1.74. The van der Waals surface area contributed by atoms with Gasteiger partial charge in [0.25, 0.3) is 5.91 Å². The normalized spacial score (nSPS) is 11.1. The highest BCUT2D eigenvalue weighted by atomic mass is 32.1. The minimum Gasteiger partial charge on any atom is -0.471 e. The molecule has 0 aliphatic heterocycles. The Labute approximate surface area is 195 Å². The molecule has 180 valence electrons. The first-order valence-electron chi connectivity index (χ1n) is 9.50. The molecule has 0 saturated carbocycles. The van der Waals surface area contributed by atoms with Crippen LogP contribution in [0.5, 0.6) is 5.75 Å². The Morgan fingerprint density at radius 1 is 1.12 bits per heavy atom. The number of rotatable bonds is 7. The summed E-state index contributed by atoms with van der Waals surface area (Å²) in [5, 5.41) is 6.62. The molecule has 0 saturated heterocycles. The third-order valence-corrected chi connectivity index (χ3v) is 5.72. The fourth-order valence-corrected chi connectivity index (χ4v) is 3.97. The van der Waals surface area contributed by atoms with E-state index in [-0.39, 0.29) is 33.6 Å². The minimum absolute atomic E-state index is 0.00793. The van der Waals surface area contributed by atoms with E-state index in [0.29, 0.717) is 5.56 Å². The van der Waals surface area contributed by atoms with Gasteiger partial charge in [-0.15, -0.1) is 11.3 Å². The number of hydrogen-bond acceptors (Lipinski definition) is 8. The third kappa shape index (κ3) is 5.36. The molecule has 3 aromatic rings. The van der Waals surface area contributed by atoms with Gasteiger partial charge < -0.3 is 19.5 Å². The second-order valence-electron chi connectivity index (χ2n) is 6.74. The predicted molar refractivity (Wildman–Crippen MR) is 114 cm³/mol. The SMILES string of the molecule is COC(=O)c1sc(NC(=O)c2ccn(COc3cccc(C(F)(F)F)c3)n2)c(C(=O)OC)c1C. The molecule has 0 aliphatic rings. The van der Waals surface area contributed by atoms with Crippen LogP contribution in [-0.2, 0) is 22.4 Å². The molecule has 0 bridgehead atoms. The number of aromatic nitrogens is 2. The average molecular weight is 497 g/mol. The van der Waals surface area contributed by atoms with Crippen molar-refractivity contribution in [1.29, 1.82) is 0 Å². The van der Waals surface area contributed by atoms with Crippen molar-refractivity contribution >= 4 is 34.2 Å². The standard InChI is InChI=1S/C21H18F3N3O6S/c1-11-15(19(29)31-2)18(34-16(11)20(30)32-3)25-17(28)14-7-8-27(26-14)10-33-13-6-4-5-12(9-13)21(22,23)24/h4-9H,10H2,1-3H3,(H,25,28). The molecule has 2 heterocycles. The van der Waals surface area contributed by atoms with E-state index in [1.54, 1.807) is 0 Å². The molecular weight excluding hydrogens is 479 g/mol. The molecule has 13 heteroatoms. The number of ether oxygens (including phenoxy) is 3. The summed E-state index contributed by atoms with van der Waals surface area (Å²) in [6.07, 6.45) is -3.11. The zero-order valence-corrected chi connectivity index (χ0v) is 18.9. The maximum atomic E-state index is 12.8. The lowest BCUT2D eigenvalue weighted by molar-refractivity contribution is -0.137. The Bertz CT molecular complexity index is 1230. The summed E-state index contributed by atoms with van der Waals surface area (Å²) < 4.78 is 54.4. The molecule has 1 N–H and O–H groups in total. The highest BCUT2D eigenvalue weighted by Gasteiger charge is 2.30. The summed E-state index contributed by atoms with van der Waals surface area (Å²) in [6, 6.07) is 5.70. The van der Waals surface area contributed by atoms with Crippen LogP contribution in [0.4, 0.5) is 18.2 Å². The van der Waals surface area contributed by atoms with Crippen LogP contribution >= 0.6 is 11.3 Å². The van der Waals surface area contributed by atoms with Crippen molar-refractivity contribution in [2.24, 2.45) is 0 Å². The molecule has 1 aromatic carbocycles. The van der Waals surface area contributed by atoms with Gasteiger partial charge in [0, 0.05) is 6.20 Å². The Kier molecular flexibility index (Phi) is 7.25. The number of esters is 2. The molecule has 0 aliphatic carbocycles. The highest BCUT2D eigenvalue weighted by Crippen LogP contribution is 2.34. The maximum Gasteiger partial charge on any atom is 0.416 e. The van der Waals surface area contributed by atoms with E-state index in [2.05, 4.69) is 10.4 Å². The van der Waals surface area contributed by atoms with Crippen LogP contribution < -0.4 is 10.1 Å². The summed E-state index contributed by atoms with van der Waals surface area (Å²) in [4.78, 5) is 36.9. The number of alkyl halides is 3. The van der Waals surface area contributed by atoms with E-state index in [0.717, 1.165) is 30.6 Å². The highest BCUT2D eigenvalue weighted by molar-refractivity contribution is 7.18. The first-order chi connectivity index (χ1) is 16.0. The molecule has 0 atom stereocenters. The third-order valence-electron chi connectivity index (χ3n) is 4.53. The van der Waals surface area contributed by atoms with E-state index in [1.165, 1.54) is 43.1 Å². The van der Waals surface area contributed by atoms with Crippen molar-refractivity contribution in [1.82, 2.24) is 9.78 Å². The first kappa shape index (κ1) is 24.8. The summed E-state index contributed by atoms with van der Waals surface area (Å²) in [7, 11) is 2.35. The molecule has 0 unspecified atom stereocenters. The Morgan fingerprint density at radius 2 is 1.82 bits per heavy atom. The van der Waals surface area contributed by atoms with Gasteiger partial charge >= 0.3 is 18.1 Å². The molecule has 9 nitrogen and oxygen atoms in total. The number of nitrogens with zero attached hydrogens (tertiary/aromatic N) is 2. The van der Waals surface area contributed by atoms with Gasteiger partial charge in [-0.1, -0.05) is 6.07 Å². The van der Waals surface area contributed by atoms with Crippen LogP contribution in [-0.4, -0.2) is 41.8 Å². The molecule has 0 radical (unpaired) electrons. The number of halogens is 3. The molecule has 3 rings (SSSR count). The molecule has 0 fully saturated rings. The molecule has 0 spiro atoms. The van der Waals surface area contributed by atoms with Crippen molar-refractivity contribution in [3.8, 4) is 5.75 Å². The van der Waals surface area contributed by atoms with Gasteiger partial charge in [-0.05, 0) is 36.8 Å². The number of anilines is 1. The van der Waals surface area contributed by atoms with Crippen molar-refractivity contribution in [2.45, 2.75) is 19.8 Å². The molecule has 34 heavy (non-hydrogen) atoms. The molecule has 1 amide bonds. The van der Waals surface area contributed by atoms with Gasteiger partial charge in [-0.3, -0.25) is 4.79 Å². The summed E-state index contributed by atoms with van der Waals surface area (Å²) >= 11 is 0.845. The number of amides is 1. The van der Waals surface area contributed by atoms with Gasteiger partial charge in [0.1, 0.15) is 15.6 Å². The van der Waals surface area contributed by atoms with Crippen molar-refractivity contribution in [3.05, 3.63) is 63.8 Å². The van der Waals surface area contributed by atoms with Gasteiger partial charge in [0.15, 0.2) is 12.4 Å². The number of benzene rings is 1. The summed E-state index contributed by atoms with van der Waals surface area (Å²) in [5.41, 5.74) is -0.619. The van der Waals surface area contributed by atoms with Gasteiger partial charge in [0.2, 0.25) is 0 Å². The van der Waals surface area contributed by atoms with Crippen LogP contribution in [0.25, 0.3) is 0 Å². The van der Waals surface area contributed by atoms with Crippen LogP contribution in [0.15, 0.2) is 36.5 Å². The van der Waals surface area contributed by atoms with Crippen molar-refractivity contribution in [2.75, 3.05) is 19.5 Å². The lowest BCUT2D eigenvalue weighted by Gasteiger charge is -2.10. The van der Waals surface area contributed by atoms with Gasteiger partial charge in [-0.25, -0.2) is 14.3 Å². The van der Waals surface area contributed by atoms with E-state index in [4.69, 9.17) is 14.2 Å². The van der Waals surface area contributed by atoms with E-state index in [9.17, 15) is 27.6 Å². The number of methoxy groups -OCH3 is 2. The van der Waals surface area contributed by atoms with Crippen LogP contribution in [0.2, 0.25) is 0 Å². The summed E-state index contributed by atoms with van der Waals surface area (Å²) in [5.74, 6) is -2.15. The lowest BCUT2D eigenvalue weighted by Crippen LogP contribution is -2.16. The van der Waals surface area contributed by atoms with E-state index >= 15 is 0 Å². The second-order valence-corrected chi connectivity index (χ2v) is 7.76. The first-order valence-corrected chi connectivity index (χ1v) is 10.3. The number of hydrogen-bond donors (Lipinski definition) is 1. The summed E-state index contributed by atoms with van der Waals surface area (Å²) in [6.45, 7) is 1.26. The number of thiophene rings is 1. The second kappa shape index (κ2) is 9.95. The zero-order valence-electron chi connectivity index (χ0n) is 18.1. The van der Waals surface area contributed by atoms with E-state index in [1.807, 2.05) is 0 Å². The predicted octanol–water partition coefficient (Wildman–Crippen LogP) is 4.13. The fraction of sp³-hybridized carbons (Fsp3) is 0.238. The fourth-order valence-electron chi connectivity index (χ4n) is 2.86. The average Bonchev–Trinajstić information content (AvgIpc) is 3.41. The number of carbonyl (C=O) groups excluding carboxylic acids is 3. The van der Waals surface area contributed by atoms with Crippen LogP contribution in [0.1, 0.15) is 41.6 Å². The van der Waals surface area contributed by atoms with Crippen LogP contribution in [0, 0.1) is 6.92 Å². The monoisotopic (exact) mass is 497 g/mol. The van der Waals surface area contributed by atoms with E-state index < -0.39 is 29.6 Å². The number of carbonyl (C=O) groups is 3. The Morgan fingerprint density at radius 3 is 2.47 bits per heavy atom. The van der Waals surface area contributed by atoms with Crippen LogP contribution in [0.3, 0.4) is 0 Å². The molecule has 2 aromatic heterocycles. The number of nitrogens with one attached hydrogen (secondary N) is 1. The lowest BCUT2D eigenvalue weighted by atomic mass is 10.1. The molecular formula is C21H18F3N3O6S. The zero-order chi connectivity index (χ0) is 25.0. The topological polar surface area (TPSA) is 109 Å². The van der Waals surface area contributed by atoms with Gasteiger partial charge in [0.05, 0.1) is 25.3 Å². The maximum absolute atomic E-state index is 12.8. The largest absolute Gasteiger partial charge is 0.471 e. The minimum atomic E-state index is -4.51. The van der Waals surface area contributed by atoms with Gasteiger partial charge in [-0.2, -0.15) is 18.3 Å². The Hall–Kier alpha value is -3.87.